The zero-order chi connectivity index (χ0) is 17.1. The largest absolute Gasteiger partial charge is 0.493 e. The van der Waals surface area contributed by atoms with Crippen LogP contribution in [0.5, 0.6) is 17.2 Å². The number of ketones is 1. The number of hydrogen-bond acceptors (Lipinski definition) is 5. The molecule has 0 radical (unpaired) electrons. The van der Waals surface area contributed by atoms with Crippen LogP contribution in [0.15, 0.2) is 42.0 Å². The minimum Gasteiger partial charge on any atom is -0.493 e. The fourth-order valence-electron chi connectivity index (χ4n) is 2.34. The summed E-state index contributed by atoms with van der Waals surface area (Å²) < 4.78 is 29.6. The number of ether oxygens (including phenoxy) is 3. The van der Waals surface area contributed by atoms with Gasteiger partial charge in [0.15, 0.2) is 11.5 Å². The van der Waals surface area contributed by atoms with Crippen molar-refractivity contribution in [2.45, 2.75) is 0 Å². The molecule has 0 saturated carbocycles. The van der Waals surface area contributed by atoms with Crippen molar-refractivity contribution in [1.82, 2.24) is 0 Å². The van der Waals surface area contributed by atoms with Gasteiger partial charge in [0.2, 0.25) is 18.3 Å². The van der Waals surface area contributed by atoms with E-state index in [-0.39, 0.29) is 17.9 Å². The number of carbonyl (C=O) groups excluding carboxylic acids is 1. The Morgan fingerprint density at radius 2 is 2.12 bits per heavy atom. The summed E-state index contributed by atoms with van der Waals surface area (Å²) in [5.41, 5.74) is 0.163. The van der Waals surface area contributed by atoms with Crippen molar-refractivity contribution in [1.29, 1.82) is 5.26 Å². The Balaban J connectivity index is 2.02. The van der Waals surface area contributed by atoms with Crippen LogP contribution < -0.4 is 14.2 Å². The number of fused-ring (bicyclic) bond motifs is 1. The van der Waals surface area contributed by atoms with Crippen molar-refractivity contribution in [2.24, 2.45) is 0 Å². The van der Waals surface area contributed by atoms with Crippen molar-refractivity contribution >= 4 is 11.9 Å². The van der Waals surface area contributed by atoms with Crippen LogP contribution in [0.25, 0.3) is 6.08 Å². The summed E-state index contributed by atoms with van der Waals surface area (Å²) in [5.74, 6) is -0.0177. The van der Waals surface area contributed by atoms with E-state index in [1.165, 1.54) is 37.5 Å². The van der Waals surface area contributed by atoms with Gasteiger partial charge in [0.25, 0.3) is 0 Å². The van der Waals surface area contributed by atoms with Crippen LogP contribution in [0.1, 0.15) is 15.9 Å². The topological polar surface area (TPSA) is 68.5 Å². The standard InChI is InChI=1S/C18H12FNO4/c1-22-15-7-11(8-16-18(15)24-10-23-16)6-12(9-20)17(21)13-4-2-3-5-14(13)19/h2-8H,10H2,1H3/b12-6+. The van der Waals surface area contributed by atoms with E-state index in [4.69, 9.17) is 14.2 Å². The zero-order valence-corrected chi connectivity index (χ0v) is 12.7. The predicted octanol–water partition coefficient (Wildman–Crippen LogP) is 3.35. The number of nitriles is 1. The smallest absolute Gasteiger partial charge is 0.231 e. The lowest BCUT2D eigenvalue weighted by Gasteiger charge is -2.06. The van der Waals surface area contributed by atoms with Crippen molar-refractivity contribution in [3.05, 3.63) is 58.9 Å². The van der Waals surface area contributed by atoms with E-state index in [1.807, 2.05) is 6.07 Å². The average Bonchev–Trinajstić information content (AvgIpc) is 3.07. The van der Waals surface area contributed by atoms with Gasteiger partial charge in [-0.3, -0.25) is 4.79 Å². The first-order valence-corrected chi connectivity index (χ1v) is 7.02. The van der Waals surface area contributed by atoms with E-state index >= 15 is 0 Å². The van der Waals surface area contributed by atoms with Crippen LogP contribution in [0, 0.1) is 17.1 Å². The first-order chi connectivity index (χ1) is 11.6. The molecule has 0 aliphatic carbocycles. The lowest BCUT2D eigenvalue weighted by Crippen LogP contribution is -2.04. The molecular formula is C18H12FNO4. The van der Waals surface area contributed by atoms with Crippen LogP contribution in [-0.2, 0) is 0 Å². The SMILES string of the molecule is COc1cc(/C=C(\C#N)C(=O)c2ccccc2F)cc2c1OCO2. The number of benzene rings is 2. The molecular weight excluding hydrogens is 313 g/mol. The molecule has 2 aromatic carbocycles. The molecule has 0 spiro atoms. The second-order valence-corrected chi connectivity index (χ2v) is 4.94. The van der Waals surface area contributed by atoms with Crippen LogP contribution in [0.3, 0.4) is 0 Å². The highest BCUT2D eigenvalue weighted by Crippen LogP contribution is 2.42. The molecule has 0 fully saturated rings. The molecule has 3 rings (SSSR count). The molecule has 0 N–H and O–H groups in total. The van der Waals surface area contributed by atoms with E-state index in [1.54, 1.807) is 12.1 Å². The van der Waals surface area contributed by atoms with Crippen LogP contribution in [-0.4, -0.2) is 19.7 Å². The van der Waals surface area contributed by atoms with Gasteiger partial charge in [0.1, 0.15) is 17.5 Å². The molecule has 1 aliphatic rings. The van der Waals surface area contributed by atoms with Gasteiger partial charge in [-0.05, 0) is 35.9 Å². The number of hydrogen-bond donors (Lipinski definition) is 0. The number of Topliss-reactive ketones (excluding diaryl/α,β-unsaturated/α-hetero) is 1. The van der Waals surface area contributed by atoms with Crippen LogP contribution in [0.4, 0.5) is 4.39 Å². The molecule has 0 atom stereocenters. The quantitative estimate of drug-likeness (QED) is 0.490. The van der Waals surface area contributed by atoms with E-state index in [0.29, 0.717) is 22.8 Å². The normalized spacial score (nSPS) is 12.6. The summed E-state index contributed by atoms with van der Waals surface area (Å²) >= 11 is 0. The van der Waals surface area contributed by atoms with Gasteiger partial charge in [-0.25, -0.2) is 4.39 Å². The fraction of sp³-hybridized carbons (Fsp3) is 0.111. The Morgan fingerprint density at radius 1 is 1.33 bits per heavy atom. The minimum atomic E-state index is -0.688. The first kappa shape index (κ1) is 15.6. The van der Waals surface area contributed by atoms with Gasteiger partial charge < -0.3 is 14.2 Å². The number of nitrogens with zero attached hydrogens (tertiary/aromatic N) is 1. The van der Waals surface area contributed by atoms with Crippen LogP contribution >= 0.6 is 0 Å². The molecule has 0 saturated heterocycles. The summed E-state index contributed by atoms with van der Waals surface area (Å²) in [6, 6.07) is 10.6. The van der Waals surface area contributed by atoms with Gasteiger partial charge in [0, 0.05) is 0 Å². The predicted molar refractivity (Wildman–Crippen MR) is 83.4 cm³/mol. The molecule has 120 valence electrons. The lowest BCUT2D eigenvalue weighted by molar-refractivity contribution is 0.103. The molecule has 0 bridgehead atoms. The highest BCUT2D eigenvalue weighted by molar-refractivity contribution is 6.14. The highest BCUT2D eigenvalue weighted by atomic mass is 19.1. The van der Waals surface area contributed by atoms with Crippen molar-refractivity contribution < 1.29 is 23.4 Å². The van der Waals surface area contributed by atoms with Crippen molar-refractivity contribution in [3.63, 3.8) is 0 Å². The number of methoxy groups -OCH3 is 1. The molecule has 0 amide bonds. The monoisotopic (exact) mass is 325 g/mol. The van der Waals surface area contributed by atoms with E-state index in [0.717, 1.165) is 0 Å². The molecule has 24 heavy (non-hydrogen) atoms. The third kappa shape index (κ3) is 2.79. The summed E-state index contributed by atoms with van der Waals surface area (Å²) in [7, 11) is 1.47. The second kappa shape index (κ2) is 6.42. The summed E-state index contributed by atoms with van der Waals surface area (Å²) in [6.07, 6.45) is 1.36. The lowest BCUT2D eigenvalue weighted by atomic mass is 10.0. The molecule has 0 aromatic heterocycles. The van der Waals surface area contributed by atoms with Gasteiger partial charge in [0.05, 0.1) is 12.7 Å². The second-order valence-electron chi connectivity index (χ2n) is 4.94. The summed E-state index contributed by atoms with van der Waals surface area (Å²) in [5, 5.41) is 9.28. The minimum absolute atomic E-state index is 0.0676. The fourth-order valence-corrected chi connectivity index (χ4v) is 2.34. The molecule has 6 heteroatoms. The maximum atomic E-state index is 13.8. The molecule has 0 unspecified atom stereocenters. The zero-order valence-electron chi connectivity index (χ0n) is 12.7. The Morgan fingerprint density at radius 3 is 2.83 bits per heavy atom. The third-order valence-corrected chi connectivity index (χ3v) is 3.48. The Bertz CT molecular complexity index is 883. The van der Waals surface area contributed by atoms with E-state index < -0.39 is 11.6 Å². The molecule has 1 aliphatic heterocycles. The summed E-state index contributed by atoms with van der Waals surface area (Å²) in [4.78, 5) is 12.4. The molecule has 1 heterocycles. The van der Waals surface area contributed by atoms with Crippen LogP contribution in [0.2, 0.25) is 0 Å². The Labute approximate surface area is 137 Å². The van der Waals surface area contributed by atoms with Gasteiger partial charge >= 0.3 is 0 Å². The number of carbonyl (C=O) groups is 1. The van der Waals surface area contributed by atoms with Crippen molar-refractivity contribution in [3.8, 4) is 23.3 Å². The average molecular weight is 325 g/mol. The molecule has 5 nitrogen and oxygen atoms in total. The molecule has 2 aromatic rings. The maximum Gasteiger partial charge on any atom is 0.231 e. The third-order valence-electron chi connectivity index (χ3n) is 3.48. The first-order valence-electron chi connectivity index (χ1n) is 7.02. The number of halogens is 1. The van der Waals surface area contributed by atoms with Gasteiger partial charge in [-0.1, -0.05) is 12.1 Å². The van der Waals surface area contributed by atoms with Gasteiger partial charge in [-0.15, -0.1) is 0 Å². The van der Waals surface area contributed by atoms with E-state index in [9.17, 15) is 14.4 Å². The van der Waals surface area contributed by atoms with Gasteiger partial charge in [-0.2, -0.15) is 5.26 Å². The summed E-state index contributed by atoms with van der Waals surface area (Å²) in [6.45, 7) is 0.0676. The Kier molecular flexibility index (Phi) is 4.17. The number of rotatable bonds is 4. The number of allylic oxidation sites excluding steroid dienone is 1. The van der Waals surface area contributed by atoms with Crippen molar-refractivity contribution in [2.75, 3.05) is 13.9 Å². The maximum absolute atomic E-state index is 13.8. The highest BCUT2D eigenvalue weighted by Gasteiger charge is 2.21. The Hall–Kier alpha value is -3.33. The van der Waals surface area contributed by atoms with E-state index in [2.05, 4.69) is 0 Å².